The summed E-state index contributed by atoms with van der Waals surface area (Å²) in [5.74, 6) is 0.227. The molecule has 4 heteroatoms. The molecule has 0 aliphatic heterocycles. The van der Waals surface area contributed by atoms with Crippen molar-refractivity contribution < 1.29 is 4.79 Å². The summed E-state index contributed by atoms with van der Waals surface area (Å²) >= 11 is 3.59. The Bertz CT molecular complexity index is 485. The van der Waals surface area contributed by atoms with Gasteiger partial charge in [0.25, 0.3) is 0 Å². The maximum absolute atomic E-state index is 12.8. The number of amides is 1. The highest BCUT2D eigenvalue weighted by Crippen LogP contribution is 2.47. The Hall–Kier alpha value is -0.870. The van der Waals surface area contributed by atoms with Crippen LogP contribution in [0, 0.1) is 5.41 Å². The van der Waals surface area contributed by atoms with E-state index in [1.807, 2.05) is 23.1 Å². The van der Waals surface area contributed by atoms with E-state index in [0.29, 0.717) is 6.54 Å². The van der Waals surface area contributed by atoms with Crippen molar-refractivity contribution in [3.05, 3.63) is 34.3 Å². The summed E-state index contributed by atoms with van der Waals surface area (Å²) in [6.45, 7) is 5.45. The Morgan fingerprint density at radius 2 is 2.10 bits per heavy atom. The van der Waals surface area contributed by atoms with Gasteiger partial charge in [-0.2, -0.15) is 0 Å². The summed E-state index contributed by atoms with van der Waals surface area (Å²) < 4.78 is 1.05. The van der Waals surface area contributed by atoms with Crippen LogP contribution in [0.25, 0.3) is 0 Å². The van der Waals surface area contributed by atoms with Gasteiger partial charge in [0, 0.05) is 17.6 Å². The topological polar surface area (TPSA) is 46.3 Å². The maximum atomic E-state index is 12.8. The number of rotatable bonds is 6. The Morgan fingerprint density at radius 1 is 1.45 bits per heavy atom. The molecule has 110 valence electrons. The molecule has 0 spiro atoms. The molecule has 0 aromatic heterocycles. The van der Waals surface area contributed by atoms with E-state index in [1.54, 1.807) is 0 Å². The summed E-state index contributed by atoms with van der Waals surface area (Å²) in [6, 6.07) is 8.18. The molecule has 2 N–H and O–H groups in total. The molecule has 1 saturated carbocycles. The third kappa shape index (κ3) is 2.91. The zero-order valence-corrected chi connectivity index (χ0v) is 13.8. The van der Waals surface area contributed by atoms with Gasteiger partial charge in [-0.05, 0) is 37.8 Å². The lowest BCUT2D eigenvalue weighted by Crippen LogP contribution is -2.42. The molecule has 0 heterocycles. The molecule has 1 fully saturated rings. The molecule has 3 nitrogen and oxygen atoms in total. The van der Waals surface area contributed by atoms with Gasteiger partial charge in [0.1, 0.15) is 0 Å². The lowest BCUT2D eigenvalue weighted by Gasteiger charge is -2.33. The third-order valence-electron chi connectivity index (χ3n) is 4.25. The predicted molar refractivity (Wildman–Crippen MR) is 85.3 cm³/mol. The zero-order chi connectivity index (χ0) is 14.8. The molecule has 1 aromatic rings. The van der Waals surface area contributed by atoms with Gasteiger partial charge in [0.05, 0.1) is 11.5 Å². The van der Waals surface area contributed by atoms with Crippen LogP contribution in [-0.2, 0) is 4.79 Å². The van der Waals surface area contributed by atoms with Crippen molar-refractivity contribution in [2.75, 3.05) is 13.1 Å². The smallest absolute Gasteiger partial charge is 0.230 e. The van der Waals surface area contributed by atoms with Crippen molar-refractivity contribution in [2.45, 2.75) is 39.2 Å². The second-order valence-corrected chi connectivity index (χ2v) is 6.53. The first kappa shape index (κ1) is 15.5. The predicted octanol–water partition coefficient (Wildman–Crippen LogP) is 3.49. The summed E-state index contributed by atoms with van der Waals surface area (Å²) in [7, 11) is 0. The summed E-state index contributed by atoms with van der Waals surface area (Å²) in [5, 5.41) is 0. The summed E-state index contributed by atoms with van der Waals surface area (Å²) in [6.07, 6.45) is 2.83. The second kappa shape index (κ2) is 6.27. The molecule has 0 bridgehead atoms. The van der Waals surface area contributed by atoms with Crippen molar-refractivity contribution in [3.8, 4) is 0 Å². The van der Waals surface area contributed by atoms with Gasteiger partial charge in [-0.15, -0.1) is 0 Å². The van der Waals surface area contributed by atoms with E-state index in [1.165, 1.54) is 0 Å². The van der Waals surface area contributed by atoms with Gasteiger partial charge in [0.15, 0.2) is 0 Å². The quantitative estimate of drug-likeness (QED) is 0.862. The monoisotopic (exact) mass is 338 g/mol. The van der Waals surface area contributed by atoms with Crippen LogP contribution < -0.4 is 5.73 Å². The lowest BCUT2D eigenvalue weighted by atomic mass is 10.0. The largest absolute Gasteiger partial charge is 0.335 e. The third-order valence-corrected chi connectivity index (χ3v) is 4.97. The van der Waals surface area contributed by atoms with Crippen LogP contribution in [0.2, 0.25) is 0 Å². The number of nitrogens with zero attached hydrogens (tertiary/aromatic N) is 1. The minimum Gasteiger partial charge on any atom is -0.335 e. The van der Waals surface area contributed by atoms with Crippen LogP contribution in [0.1, 0.15) is 44.7 Å². The Labute approximate surface area is 129 Å². The maximum Gasteiger partial charge on any atom is 0.230 e. The van der Waals surface area contributed by atoms with Crippen LogP contribution in [0.3, 0.4) is 0 Å². The van der Waals surface area contributed by atoms with Crippen molar-refractivity contribution in [1.82, 2.24) is 4.90 Å². The van der Waals surface area contributed by atoms with Gasteiger partial charge < -0.3 is 10.6 Å². The molecular weight excluding hydrogens is 316 g/mol. The van der Waals surface area contributed by atoms with E-state index >= 15 is 0 Å². The molecule has 0 saturated heterocycles. The molecular formula is C16H23BrN2O. The first-order chi connectivity index (χ1) is 9.55. The second-order valence-electron chi connectivity index (χ2n) is 5.68. The molecule has 2 rings (SSSR count). The molecule has 1 unspecified atom stereocenters. The average molecular weight is 339 g/mol. The van der Waals surface area contributed by atoms with Gasteiger partial charge in [0.2, 0.25) is 5.91 Å². The number of halogens is 1. The molecule has 1 atom stereocenters. The van der Waals surface area contributed by atoms with Gasteiger partial charge in [-0.3, -0.25) is 4.79 Å². The fourth-order valence-electron chi connectivity index (χ4n) is 2.65. The van der Waals surface area contributed by atoms with Crippen molar-refractivity contribution in [2.24, 2.45) is 11.1 Å². The van der Waals surface area contributed by atoms with Crippen molar-refractivity contribution in [1.29, 1.82) is 0 Å². The van der Waals surface area contributed by atoms with E-state index in [-0.39, 0.29) is 17.4 Å². The van der Waals surface area contributed by atoms with Crippen molar-refractivity contribution >= 4 is 21.8 Å². The summed E-state index contributed by atoms with van der Waals surface area (Å²) in [5.41, 5.74) is 6.70. The molecule has 0 radical (unpaired) electrons. The van der Waals surface area contributed by atoms with E-state index in [4.69, 9.17) is 5.73 Å². The normalized spacial score (nSPS) is 17.6. The average Bonchev–Trinajstić information content (AvgIpc) is 3.25. The Morgan fingerprint density at radius 3 is 2.60 bits per heavy atom. The minimum absolute atomic E-state index is 0.0713. The number of benzene rings is 1. The van der Waals surface area contributed by atoms with Crippen LogP contribution in [0.15, 0.2) is 28.7 Å². The van der Waals surface area contributed by atoms with Gasteiger partial charge in [-0.1, -0.05) is 41.1 Å². The fraction of sp³-hybridized carbons (Fsp3) is 0.562. The lowest BCUT2D eigenvalue weighted by molar-refractivity contribution is -0.139. The van der Waals surface area contributed by atoms with Gasteiger partial charge in [-0.25, -0.2) is 0 Å². The van der Waals surface area contributed by atoms with Crippen LogP contribution in [-0.4, -0.2) is 23.9 Å². The van der Waals surface area contributed by atoms with Crippen molar-refractivity contribution in [3.63, 3.8) is 0 Å². The molecule has 1 amide bonds. The highest BCUT2D eigenvalue weighted by atomic mass is 79.9. The van der Waals surface area contributed by atoms with E-state index in [9.17, 15) is 4.79 Å². The first-order valence-corrected chi connectivity index (χ1v) is 8.10. The van der Waals surface area contributed by atoms with E-state index in [0.717, 1.165) is 35.8 Å². The molecule has 1 aliphatic rings. The van der Waals surface area contributed by atoms with Crippen LogP contribution in [0.5, 0.6) is 0 Å². The molecule has 1 aliphatic carbocycles. The Balaban J connectivity index is 2.24. The van der Waals surface area contributed by atoms with E-state index < -0.39 is 0 Å². The van der Waals surface area contributed by atoms with Gasteiger partial charge >= 0.3 is 0 Å². The zero-order valence-electron chi connectivity index (χ0n) is 12.2. The SMILES string of the molecule is CCCN(C(=O)C1(CN)CC1)C(C)c1ccccc1Br. The Kier molecular flexibility index (Phi) is 4.86. The fourth-order valence-corrected chi connectivity index (χ4v) is 3.27. The van der Waals surface area contributed by atoms with Crippen LogP contribution in [0.4, 0.5) is 0 Å². The number of carbonyl (C=O) groups is 1. The standard InChI is InChI=1S/C16H23BrN2O/c1-3-10-19(15(20)16(11-18)8-9-16)12(2)13-6-4-5-7-14(13)17/h4-7,12H,3,8-11,18H2,1-2H3. The number of carbonyl (C=O) groups excluding carboxylic acids is 1. The number of hydrogen-bond donors (Lipinski definition) is 1. The number of nitrogens with two attached hydrogens (primary N) is 1. The highest BCUT2D eigenvalue weighted by Gasteiger charge is 2.51. The highest BCUT2D eigenvalue weighted by molar-refractivity contribution is 9.10. The minimum atomic E-state index is -0.273. The summed E-state index contributed by atoms with van der Waals surface area (Å²) in [4.78, 5) is 14.8. The van der Waals surface area contributed by atoms with Crippen LogP contribution >= 0.6 is 15.9 Å². The molecule has 1 aromatic carbocycles. The van der Waals surface area contributed by atoms with E-state index in [2.05, 4.69) is 35.8 Å². The molecule has 20 heavy (non-hydrogen) atoms. The first-order valence-electron chi connectivity index (χ1n) is 7.31. The number of hydrogen-bond acceptors (Lipinski definition) is 2.